The second-order valence-corrected chi connectivity index (χ2v) is 3.26. The molecule has 1 radical (unpaired) electrons. The van der Waals surface area contributed by atoms with Crippen LogP contribution in [0.15, 0.2) is 30.6 Å². The molecular weight excluding hydrogens is 202 g/mol. The SMILES string of the molecule is [CH2]c1ccc(C#N)c(-c2nccn2C=O)c1. The summed E-state index contributed by atoms with van der Waals surface area (Å²) in [5, 5.41) is 8.98. The van der Waals surface area contributed by atoms with Gasteiger partial charge in [0.2, 0.25) is 6.41 Å². The molecule has 0 spiro atoms. The molecule has 16 heavy (non-hydrogen) atoms. The van der Waals surface area contributed by atoms with Crippen molar-refractivity contribution in [2.45, 2.75) is 0 Å². The average Bonchev–Trinajstić information content (AvgIpc) is 2.76. The zero-order valence-electron chi connectivity index (χ0n) is 8.42. The number of nitriles is 1. The van der Waals surface area contributed by atoms with Crippen LogP contribution in [0.4, 0.5) is 0 Å². The molecule has 4 nitrogen and oxygen atoms in total. The fourth-order valence-electron chi connectivity index (χ4n) is 1.48. The third-order valence-corrected chi connectivity index (χ3v) is 2.23. The van der Waals surface area contributed by atoms with Gasteiger partial charge in [-0.1, -0.05) is 6.07 Å². The van der Waals surface area contributed by atoms with Crippen LogP contribution in [0.1, 0.15) is 11.1 Å². The highest BCUT2D eigenvalue weighted by Crippen LogP contribution is 2.22. The minimum absolute atomic E-state index is 0.456. The van der Waals surface area contributed by atoms with E-state index >= 15 is 0 Å². The van der Waals surface area contributed by atoms with Gasteiger partial charge < -0.3 is 0 Å². The van der Waals surface area contributed by atoms with Crippen molar-refractivity contribution in [1.29, 1.82) is 5.26 Å². The van der Waals surface area contributed by atoms with E-state index in [4.69, 9.17) is 5.26 Å². The van der Waals surface area contributed by atoms with Crippen molar-refractivity contribution in [3.05, 3.63) is 48.6 Å². The number of imidazole rings is 1. The predicted octanol–water partition coefficient (Wildman–Crippen LogP) is 1.64. The van der Waals surface area contributed by atoms with Gasteiger partial charge in [0.25, 0.3) is 0 Å². The van der Waals surface area contributed by atoms with E-state index in [0.29, 0.717) is 23.4 Å². The van der Waals surface area contributed by atoms with Crippen molar-refractivity contribution >= 4 is 6.41 Å². The largest absolute Gasteiger partial charge is 0.278 e. The van der Waals surface area contributed by atoms with Crippen LogP contribution in [0.2, 0.25) is 0 Å². The molecule has 2 aromatic rings. The monoisotopic (exact) mass is 210 g/mol. The van der Waals surface area contributed by atoms with Crippen LogP contribution in [0.3, 0.4) is 0 Å². The van der Waals surface area contributed by atoms with E-state index < -0.39 is 0 Å². The fourth-order valence-corrected chi connectivity index (χ4v) is 1.48. The van der Waals surface area contributed by atoms with Gasteiger partial charge in [-0.25, -0.2) is 4.98 Å². The van der Waals surface area contributed by atoms with Gasteiger partial charge in [-0.2, -0.15) is 5.26 Å². The van der Waals surface area contributed by atoms with Crippen molar-refractivity contribution in [2.24, 2.45) is 0 Å². The number of carbonyl (C=O) groups is 1. The lowest BCUT2D eigenvalue weighted by atomic mass is 10.0. The van der Waals surface area contributed by atoms with Crippen LogP contribution >= 0.6 is 0 Å². The Labute approximate surface area is 92.8 Å². The lowest BCUT2D eigenvalue weighted by Gasteiger charge is -2.04. The number of benzene rings is 1. The normalized spacial score (nSPS) is 9.75. The van der Waals surface area contributed by atoms with E-state index in [2.05, 4.69) is 18.0 Å². The molecule has 0 fully saturated rings. The van der Waals surface area contributed by atoms with Gasteiger partial charge in [0.1, 0.15) is 5.82 Å². The van der Waals surface area contributed by atoms with Crippen molar-refractivity contribution in [3.63, 3.8) is 0 Å². The van der Waals surface area contributed by atoms with Gasteiger partial charge in [-0.15, -0.1) is 0 Å². The second kappa shape index (κ2) is 3.99. The van der Waals surface area contributed by atoms with Crippen molar-refractivity contribution in [1.82, 2.24) is 9.55 Å². The molecular formula is C12H8N3O. The van der Waals surface area contributed by atoms with Crippen LogP contribution in [0, 0.1) is 18.3 Å². The van der Waals surface area contributed by atoms with E-state index in [1.807, 2.05) is 0 Å². The fraction of sp³-hybridized carbons (Fsp3) is 0. The van der Waals surface area contributed by atoms with Crippen molar-refractivity contribution in [2.75, 3.05) is 0 Å². The highest BCUT2D eigenvalue weighted by atomic mass is 16.1. The number of rotatable bonds is 2. The Hall–Kier alpha value is -2.41. The van der Waals surface area contributed by atoms with Crippen molar-refractivity contribution < 1.29 is 4.79 Å². The number of aromatic nitrogens is 2. The summed E-state index contributed by atoms with van der Waals surface area (Å²) in [6.07, 6.45) is 3.71. The first kappa shape index (κ1) is 10.1. The summed E-state index contributed by atoms with van der Waals surface area (Å²) >= 11 is 0. The van der Waals surface area contributed by atoms with Crippen LogP contribution in [0.5, 0.6) is 0 Å². The minimum Gasteiger partial charge on any atom is -0.278 e. The number of hydrogen-bond acceptors (Lipinski definition) is 3. The minimum atomic E-state index is 0.456. The number of nitrogens with zero attached hydrogens (tertiary/aromatic N) is 3. The lowest BCUT2D eigenvalue weighted by molar-refractivity contribution is 0.548. The average molecular weight is 210 g/mol. The van der Waals surface area contributed by atoms with Crippen molar-refractivity contribution in [3.8, 4) is 17.5 Å². The molecule has 0 N–H and O–H groups in total. The maximum Gasteiger partial charge on any atom is 0.219 e. The molecule has 4 heteroatoms. The van der Waals surface area contributed by atoms with E-state index in [9.17, 15) is 4.79 Å². The number of carbonyl (C=O) groups excluding carboxylic acids is 1. The molecule has 0 aliphatic heterocycles. The molecule has 0 saturated carbocycles. The maximum absolute atomic E-state index is 10.8. The molecule has 0 saturated heterocycles. The topological polar surface area (TPSA) is 58.7 Å². The summed E-state index contributed by atoms with van der Waals surface area (Å²) in [6.45, 7) is 3.79. The zero-order valence-corrected chi connectivity index (χ0v) is 8.42. The Bertz CT molecular complexity index is 578. The molecule has 77 valence electrons. The number of hydrogen-bond donors (Lipinski definition) is 0. The lowest BCUT2D eigenvalue weighted by Crippen LogP contribution is -1.98. The zero-order chi connectivity index (χ0) is 11.5. The van der Waals surface area contributed by atoms with Gasteiger partial charge >= 0.3 is 0 Å². The van der Waals surface area contributed by atoms with Crippen LogP contribution in [-0.2, 0) is 4.79 Å². The smallest absolute Gasteiger partial charge is 0.219 e. The summed E-state index contributed by atoms with van der Waals surface area (Å²) in [6, 6.07) is 7.22. The van der Waals surface area contributed by atoms with Gasteiger partial charge in [0.05, 0.1) is 11.6 Å². The Morgan fingerprint density at radius 3 is 3.00 bits per heavy atom. The molecule has 0 bridgehead atoms. The van der Waals surface area contributed by atoms with Gasteiger partial charge in [-0.3, -0.25) is 9.36 Å². The van der Waals surface area contributed by atoms with Gasteiger partial charge in [-0.05, 0) is 24.6 Å². The molecule has 0 amide bonds. The molecule has 1 aromatic heterocycles. The van der Waals surface area contributed by atoms with Crippen LogP contribution < -0.4 is 0 Å². The molecule has 0 unspecified atom stereocenters. The molecule has 0 aliphatic carbocycles. The van der Waals surface area contributed by atoms with Crippen LogP contribution in [-0.4, -0.2) is 16.0 Å². The Morgan fingerprint density at radius 2 is 2.31 bits per heavy atom. The standard InChI is InChI=1S/C12H8N3O/c1-9-2-3-10(7-13)11(6-9)12-14-4-5-15(12)8-16/h2-6,8H,1H2. The first-order chi connectivity index (χ1) is 7.76. The van der Waals surface area contributed by atoms with E-state index in [1.165, 1.54) is 10.8 Å². The molecule has 1 aromatic carbocycles. The summed E-state index contributed by atoms with van der Waals surface area (Å²) in [4.78, 5) is 14.8. The second-order valence-electron chi connectivity index (χ2n) is 3.26. The Kier molecular flexibility index (Phi) is 2.52. The summed E-state index contributed by atoms with van der Waals surface area (Å²) in [5.74, 6) is 0.456. The maximum atomic E-state index is 10.8. The summed E-state index contributed by atoms with van der Waals surface area (Å²) in [7, 11) is 0. The quantitative estimate of drug-likeness (QED) is 0.708. The van der Waals surface area contributed by atoms with Gasteiger partial charge in [0.15, 0.2) is 0 Å². The van der Waals surface area contributed by atoms with Gasteiger partial charge in [0, 0.05) is 18.0 Å². The summed E-state index contributed by atoms with van der Waals surface area (Å²) in [5.41, 5.74) is 1.86. The summed E-state index contributed by atoms with van der Waals surface area (Å²) < 4.78 is 1.33. The third-order valence-electron chi connectivity index (χ3n) is 2.23. The van der Waals surface area contributed by atoms with E-state index in [0.717, 1.165) is 5.56 Å². The highest BCUT2D eigenvalue weighted by Gasteiger charge is 2.10. The highest BCUT2D eigenvalue weighted by molar-refractivity contribution is 5.71. The first-order valence-corrected chi connectivity index (χ1v) is 4.61. The predicted molar refractivity (Wildman–Crippen MR) is 59.0 cm³/mol. The first-order valence-electron chi connectivity index (χ1n) is 4.61. The van der Waals surface area contributed by atoms with Crippen LogP contribution in [0.25, 0.3) is 11.4 Å². The molecule has 0 atom stereocenters. The molecule has 1 heterocycles. The van der Waals surface area contributed by atoms with E-state index in [-0.39, 0.29) is 0 Å². The van der Waals surface area contributed by atoms with E-state index in [1.54, 1.807) is 24.4 Å². The third kappa shape index (κ3) is 1.59. The molecule has 2 rings (SSSR count). The molecule has 0 aliphatic rings. The Morgan fingerprint density at radius 1 is 1.50 bits per heavy atom. The Balaban J connectivity index is 2.68.